The summed E-state index contributed by atoms with van der Waals surface area (Å²) in [6.07, 6.45) is 14.7. The number of benzene rings is 2. The van der Waals surface area contributed by atoms with Crippen LogP contribution in [0, 0.1) is 13.8 Å². The Labute approximate surface area is 400 Å². The molecule has 0 bridgehead atoms. The van der Waals surface area contributed by atoms with Gasteiger partial charge in [-0.1, -0.05) is 36.4 Å². The lowest BCUT2D eigenvalue weighted by Gasteiger charge is -2.21. The monoisotopic (exact) mass is 974 g/mol. The highest BCUT2D eigenvalue weighted by atomic mass is 79.9. The first-order chi connectivity index (χ1) is 32.8. The smallest absolute Gasteiger partial charge is 0.423 e. The zero-order chi connectivity index (χ0) is 48.1. The SMILES string of the molecule is CNC(=O)c1ccc(-c2cnn3ccc(C(=O)N(c4ccc(C)cn4)C4CC4)cc23)cc1.CNC(=O)c1ccc(B(O)O)cc1.Cc1ccc(N(C(=O)c2ccn3ncc(Br)c3c2)C2CC2)nc1. The number of fused-ring (bicyclic) bond motifs is 2. The van der Waals surface area contributed by atoms with Crippen molar-refractivity contribution in [2.75, 3.05) is 23.9 Å². The molecule has 2 saturated carbocycles. The third-order valence-electron chi connectivity index (χ3n) is 11.4. The predicted molar refractivity (Wildman–Crippen MR) is 264 cm³/mol. The minimum absolute atomic E-state index is 0.0144. The van der Waals surface area contributed by atoms with Crippen LogP contribution in [0.4, 0.5) is 11.6 Å². The van der Waals surface area contributed by atoms with Crippen LogP contribution in [0.25, 0.3) is 22.2 Å². The van der Waals surface area contributed by atoms with Crippen molar-refractivity contribution >= 4 is 74.8 Å². The topological polar surface area (TPSA) is 200 Å². The lowest BCUT2D eigenvalue weighted by molar-refractivity contribution is 0.0955. The molecule has 4 N–H and O–H groups in total. The maximum Gasteiger partial charge on any atom is 0.488 e. The lowest BCUT2D eigenvalue weighted by atomic mass is 9.80. The fourth-order valence-electron chi connectivity index (χ4n) is 7.38. The van der Waals surface area contributed by atoms with E-state index in [0.717, 1.165) is 69.3 Å². The number of anilines is 2. The van der Waals surface area contributed by atoms with Crippen molar-refractivity contribution in [3.05, 3.63) is 172 Å². The lowest BCUT2D eigenvalue weighted by Crippen LogP contribution is -2.33. The molecule has 2 fully saturated rings. The molecule has 0 spiro atoms. The number of hydrogen-bond acceptors (Lipinski definition) is 10. The normalized spacial score (nSPS) is 12.8. The van der Waals surface area contributed by atoms with E-state index in [-0.39, 0.29) is 35.7 Å². The Morgan fingerprint density at radius 3 is 1.50 bits per heavy atom. The zero-order valence-corrected chi connectivity index (χ0v) is 39.3. The van der Waals surface area contributed by atoms with E-state index in [1.54, 1.807) is 82.4 Å². The van der Waals surface area contributed by atoms with Crippen molar-refractivity contribution in [2.24, 2.45) is 0 Å². The molecule has 4 amide bonds. The van der Waals surface area contributed by atoms with Crippen LogP contribution in [-0.4, -0.2) is 96.2 Å². The number of halogens is 1. The quantitative estimate of drug-likeness (QED) is 0.114. The summed E-state index contributed by atoms with van der Waals surface area (Å²) < 4.78 is 4.37. The summed E-state index contributed by atoms with van der Waals surface area (Å²) in [4.78, 5) is 61.9. The number of rotatable bonds is 10. The number of hydrogen-bond donors (Lipinski definition) is 4. The van der Waals surface area contributed by atoms with Gasteiger partial charge < -0.3 is 20.7 Å². The molecule has 68 heavy (non-hydrogen) atoms. The van der Waals surface area contributed by atoms with Gasteiger partial charge in [0.2, 0.25) is 0 Å². The number of carbonyl (C=O) groups excluding carboxylic acids is 4. The Morgan fingerprint density at radius 1 is 0.603 bits per heavy atom. The highest BCUT2D eigenvalue weighted by Gasteiger charge is 2.36. The molecule has 344 valence electrons. The van der Waals surface area contributed by atoms with Gasteiger partial charge in [-0.05, 0) is 138 Å². The number of aromatic nitrogens is 6. The van der Waals surface area contributed by atoms with Gasteiger partial charge in [-0.25, -0.2) is 19.0 Å². The van der Waals surface area contributed by atoms with E-state index in [0.29, 0.717) is 33.5 Å². The number of nitrogens with zero attached hydrogens (tertiary/aromatic N) is 8. The van der Waals surface area contributed by atoms with Gasteiger partial charge in [-0.15, -0.1) is 0 Å². The summed E-state index contributed by atoms with van der Waals surface area (Å²) in [5.74, 6) is 0.998. The van der Waals surface area contributed by atoms with Crippen molar-refractivity contribution in [1.82, 2.24) is 39.8 Å². The van der Waals surface area contributed by atoms with E-state index in [9.17, 15) is 19.2 Å². The van der Waals surface area contributed by atoms with E-state index >= 15 is 0 Å². The van der Waals surface area contributed by atoms with Crippen LogP contribution in [-0.2, 0) is 0 Å². The van der Waals surface area contributed by atoms with Crippen molar-refractivity contribution in [3.63, 3.8) is 0 Å². The molecule has 10 rings (SSSR count). The first-order valence-corrected chi connectivity index (χ1v) is 22.8. The number of pyridine rings is 4. The van der Waals surface area contributed by atoms with Crippen LogP contribution < -0.4 is 25.9 Å². The summed E-state index contributed by atoms with van der Waals surface area (Å²) in [7, 11) is 1.66. The van der Waals surface area contributed by atoms with Gasteiger partial charge in [0.25, 0.3) is 23.6 Å². The molecule has 2 aliphatic carbocycles. The second kappa shape index (κ2) is 20.5. The number of carbonyl (C=O) groups is 4. The standard InChI is InChI=1S/C25H23N5O2.C17H15BrN4O.C8H10BNO3/c1-16-3-10-23(27-14-16)30(20-8-9-20)25(32)19-11-12-29-22(13-19)21(15-28-29)17-4-6-18(7-5-17)24(31)26-2;1-11-2-5-16(19-9-11)22(13-3-4-13)17(23)12-6-7-21-15(8-12)14(18)10-20-21;1-10-8(11)6-2-4-7(5-3-6)9(12)13/h3-7,10-15,20H,8-9H2,1-2H3,(H,26,31);2,5-10,13H,3-4H2,1H3;2-5,12-13H,1H3,(H,10,11). The third-order valence-corrected chi connectivity index (χ3v) is 12.0. The van der Waals surface area contributed by atoms with Crippen molar-refractivity contribution in [3.8, 4) is 11.1 Å². The summed E-state index contributed by atoms with van der Waals surface area (Å²) in [5.41, 5.74) is 8.37. The first kappa shape index (κ1) is 47.0. The number of nitrogens with one attached hydrogen (secondary N) is 2. The molecule has 0 radical (unpaired) electrons. The van der Waals surface area contributed by atoms with Gasteiger partial charge in [-0.3, -0.25) is 29.0 Å². The highest BCUT2D eigenvalue weighted by Crippen LogP contribution is 2.34. The largest absolute Gasteiger partial charge is 0.488 e. The zero-order valence-electron chi connectivity index (χ0n) is 37.7. The maximum absolute atomic E-state index is 13.5. The molecule has 2 aromatic carbocycles. The van der Waals surface area contributed by atoms with Crippen LogP contribution >= 0.6 is 15.9 Å². The van der Waals surface area contributed by atoms with Gasteiger partial charge in [0, 0.05) is 78.8 Å². The minimum atomic E-state index is -1.49. The molecule has 8 aromatic rings. The maximum atomic E-state index is 13.5. The molecule has 0 aliphatic heterocycles. The highest BCUT2D eigenvalue weighted by molar-refractivity contribution is 9.10. The van der Waals surface area contributed by atoms with Crippen LogP contribution in [0.15, 0.2) is 139 Å². The summed E-state index contributed by atoms with van der Waals surface area (Å²) >= 11 is 3.46. The van der Waals surface area contributed by atoms with Crippen molar-refractivity contribution < 1.29 is 29.2 Å². The second-order valence-electron chi connectivity index (χ2n) is 16.5. The van der Waals surface area contributed by atoms with Gasteiger partial charge >= 0.3 is 7.12 Å². The fourth-order valence-corrected chi connectivity index (χ4v) is 7.77. The number of aryl methyl sites for hydroxylation is 2. The van der Waals surface area contributed by atoms with Crippen LogP contribution in [0.3, 0.4) is 0 Å². The predicted octanol–water partition coefficient (Wildman–Crippen LogP) is 6.21. The Kier molecular flexibility index (Phi) is 14.2. The molecule has 0 saturated heterocycles. The minimum Gasteiger partial charge on any atom is -0.423 e. The Balaban J connectivity index is 0.000000151. The Bertz CT molecular complexity index is 3100. The van der Waals surface area contributed by atoms with E-state index < -0.39 is 7.12 Å². The van der Waals surface area contributed by atoms with Crippen LogP contribution in [0.2, 0.25) is 0 Å². The Hall–Kier alpha value is -7.54. The average Bonchev–Trinajstić information content (AvgIpc) is 4.31. The van der Waals surface area contributed by atoms with E-state index in [4.69, 9.17) is 10.0 Å². The van der Waals surface area contributed by atoms with Crippen LogP contribution in [0.1, 0.15) is 78.2 Å². The van der Waals surface area contributed by atoms with E-state index in [1.165, 1.54) is 31.3 Å². The summed E-state index contributed by atoms with van der Waals surface area (Å²) in [6.45, 7) is 3.97. The van der Waals surface area contributed by atoms with Crippen LogP contribution in [0.5, 0.6) is 0 Å². The molecule has 18 heteroatoms. The summed E-state index contributed by atoms with van der Waals surface area (Å²) in [6, 6.07) is 29.0. The third kappa shape index (κ3) is 10.7. The Morgan fingerprint density at radius 2 is 1.06 bits per heavy atom. The molecule has 16 nitrogen and oxygen atoms in total. The molecule has 6 heterocycles. The molecular weight excluding hydrogens is 927 g/mol. The van der Waals surface area contributed by atoms with Crippen molar-refractivity contribution in [1.29, 1.82) is 0 Å². The second-order valence-corrected chi connectivity index (χ2v) is 17.3. The first-order valence-electron chi connectivity index (χ1n) is 22.0. The molecule has 6 aromatic heterocycles. The molecule has 2 aliphatic rings. The fraction of sp³-hybridized carbons (Fsp3) is 0.200. The summed E-state index contributed by atoms with van der Waals surface area (Å²) in [5, 5.41) is 31.3. The molecule has 0 atom stereocenters. The number of amides is 4. The van der Waals surface area contributed by atoms with E-state index in [1.807, 2.05) is 67.3 Å². The van der Waals surface area contributed by atoms with Gasteiger partial charge in [-0.2, -0.15) is 10.2 Å². The average molecular weight is 976 g/mol. The van der Waals surface area contributed by atoms with Gasteiger partial charge in [0.05, 0.1) is 27.9 Å². The van der Waals surface area contributed by atoms with Gasteiger partial charge in [0.15, 0.2) is 0 Å². The molecule has 0 unspecified atom stereocenters. The molecular formula is C50H48BBrN10O6. The van der Waals surface area contributed by atoms with E-state index in [2.05, 4.69) is 46.7 Å². The van der Waals surface area contributed by atoms with Crippen molar-refractivity contribution in [2.45, 2.75) is 51.6 Å². The van der Waals surface area contributed by atoms with Gasteiger partial charge in [0.1, 0.15) is 11.6 Å².